The summed E-state index contributed by atoms with van der Waals surface area (Å²) in [7, 11) is -3.87. The van der Waals surface area contributed by atoms with Gasteiger partial charge in [0.15, 0.2) is 5.76 Å². The Labute approximate surface area is 168 Å². The summed E-state index contributed by atoms with van der Waals surface area (Å²) < 4.78 is 66.5. The molecule has 6 nitrogen and oxygen atoms in total. The molecular formula is C18H12ClF3N2O4S. The van der Waals surface area contributed by atoms with Gasteiger partial charge in [0.05, 0.1) is 15.5 Å². The van der Waals surface area contributed by atoms with Gasteiger partial charge in [-0.3, -0.25) is 4.79 Å². The zero-order valence-corrected chi connectivity index (χ0v) is 15.9. The maximum absolute atomic E-state index is 12.9. The molecule has 3 aromatic rings. The van der Waals surface area contributed by atoms with Gasteiger partial charge in [0.2, 0.25) is 10.0 Å². The number of carbonyl (C=O) groups excluding carboxylic acids is 1. The van der Waals surface area contributed by atoms with E-state index in [1.165, 1.54) is 36.4 Å². The van der Waals surface area contributed by atoms with E-state index < -0.39 is 27.7 Å². The van der Waals surface area contributed by atoms with Crippen LogP contribution in [0.3, 0.4) is 0 Å². The number of sulfonamides is 1. The Bertz CT molecular complexity index is 1170. The summed E-state index contributed by atoms with van der Waals surface area (Å²) in [6, 6.07) is 10.4. The highest BCUT2D eigenvalue weighted by atomic mass is 35.5. The number of rotatable bonds is 4. The van der Waals surface area contributed by atoms with E-state index in [1.807, 2.05) is 0 Å². The van der Waals surface area contributed by atoms with Crippen molar-refractivity contribution in [2.45, 2.75) is 11.1 Å². The molecule has 0 atom stereocenters. The van der Waals surface area contributed by atoms with Crippen molar-refractivity contribution in [2.75, 3.05) is 5.32 Å². The summed E-state index contributed by atoms with van der Waals surface area (Å²) in [5, 5.41) is 7.49. The molecule has 1 heterocycles. The fourth-order valence-electron chi connectivity index (χ4n) is 2.42. The van der Waals surface area contributed by atoms with Crippen LogP contribution in [0.5, 0.6) is 0 Å². The van der Waals surface area contributed by atoms with Gasteiger partial charge in [-0.25, -0.2) is 13.6 Å². The first-order valence-corrected chi connectivity index (χ1v) is 9.79. The molecule has 2 aromatic carbocycles. The summed E-state index contributed by atoms with van der Waals surface area (Å²) in [5.41, 5.74) is -0.662. The highest BCUT2D eigenvalue weighted by molar-refractivity contribution is 7.89. The van der Waals surface area contributed by atoms with Crippen molar-refractivity contribution in [2.24, 2.45) is 5.14 Å². The van der Waals surface area contributed by atoms with Crippen LogP contribution < -0.4 is 10.5 Å². The van der Waals surface area contributed by atoms with Crippen LogP contribution in [0.1, 0.15) is 16.1 Å². The predicted molar refractivity (Wildman–Crippen MR) is 99.9 cm³/mol. The van der Waals surface area contributed by atoms with Crippen molar-refractivity contribution in [3.63, 3.8) is 0 Å². The number of furan rings is 1. The maximum Gasteiger partial charge on any atom is 0.416 e. The summed E-state index contributed by atoms with van der Waals surface area (Å²) in [4.78, 5) is 12.2. The van der Waals surface area contributed by atoms with Gasteiger partial charge < -0.3 is 9.73 Å². The number of hydrogen-bond acceptors (Lipinski definition) is 4. The third kappa shape index (κ3) is 4.78. The van der Waals surface area contributed by atoms with E-state index in [0.717, 1.165) is 18.2 Å². The van der Waals surface area contributed by atoms with Crippen molar-refractivity contribution < 1.29 is 30.8 Å². The van der Waals surface area contributed by atoms with Crippen molar-refractivity contribution in [1.82, 2.24) is 0 Å². The number of nitrogens with two attached hydrogens (primary N) is 1. The molecule has 0 fully saturated rings. The first-order chi connectivity index (χ1) is 13.4. The molecule has 0 aliphatic rings. The molecule has 0 bridgehead atoms. The number of anilines is 1. The van der Waals surface area contributed by atoms with Crippen molar-refractivity contribution in [1.29, 1.82) is 0 Å². The Morgan fingerprint density at radius 2 is 1.69 bits per heavy atom. The number of hydrogen-bond donors (Lipinski definition) is 2. The van der Waals surface area contributed by atoms with E-state index in [0.29, 0.717) is 0 Å². The second-order valence-electron chi connectivity index (χ2n) is 5.88. The van der Waals surface area contributed by atoms with Crippen molar-refractivity contribution in [3.05, 3.63) is 70.9 Å². The number of amides is 1. The molecule has 0 spiro atoms. The largest absolute Gasteiger partial charge is 0.451 e. The van der Waals surface area contributed by atoms with Crippen LogP contribution >= 0.6 is 11.6 Å². The van der Waals surface area contributed by atoms with Crippen LogP contribution in [0.2, 0.25) is 5.02 Å². The van der Waals surface area contributed by atoms with E-state index in [1.54, 1.807) is 0 Å². The van der Waals surface area contributed by atoms with E-state index in [-0.39, 0.29) is 32.7 Å². The Morgan fingerprint density at radius 1 is 1.03 bits per heavy atom. The first-order valence-electron chi connectivity index (χ1n) is 7.86. The number of halogens is 4. The average molecular weight is 445 g/mol. The Hall–Kier alpha value is -2.82. The molecule has 152 valence electrons. The average Bonchev–Trinajstić information content (AvgIpc) is 3.11. The minimum absolute atomic E-state index is 0.0157. The van der Waals surface area contributed by atoms with Gasteiger partial charge in [0.1, 0.15) is 5.76 Å². The number of benzene rings is 2. The second kappa shape index (κ2) is 7.54. The van der Waals surface area contributed by atoms with Crippen LogP contribution in [0, 0.1) is 0 Å². The lowest BCUT2D eigenvalue weighted by Crippen LogP contribution is -2.13. The molecule has 0 saturated carbocycles. The van der Waals surface area contributed by atoms with E-state index in [4.69, 9.17) is 21.2 Å². The van der Waals surface area contributed by atoms with Gasteiger partial charge >= 0.3 is 6.18 Å². The third-order valence-electron chi connectivity index (χ3n) is 3.83. The Morgan fingerprint density at radius 3 is 2.28 bits per heavy atom. The Kier molecular flexibility index (Phi) is 5.44. The molecule has 1 aromatic heterocycles. The van der Waals surface area contributed by atoms with E-state index >= 15 is 0 Å². The maximum atomic E-state index is 12.9. The van der Waals surface area contributed by atoms with Gasteiger partial charge in [-0.15, -0.1) is 0 Å². The van der Waals surface area contributed by atoms with Gasteiger partial charge in [0, 0.05) is 11.3 Å². The standard InChI is InChI=1S/C18H12ClF3N2O4S/c19-14-6-1-10(18(20,21)22)9-13(14)15-7-8-16(28-15)17(25)24-11-2-4-12(5-3-11)29(23,26)27/h1-9H,(H,24,25)(H2,23,26,27). The van der Waals surface area contributed by atoms with Gasteiger partial charge in [-0.2, -0.15) is 13.2 Å². The van der Waals surface area contributed by atoms with Crippen LogP contribution in [0.25, 0.3) is 11.3 Å². The lowest BCUT2D eigenvalue weighted by atomic mass is 10.1. The molecule has 11 heteroatoms. The van der Waals surface area contributed by atoms with Gasteiger partial charge in [-0.1, -0.05) is 11.6 Å². The molecular weight excluding hydrogens is 433 g/mol. The van der Waals surface area contributed by atoms with Crippen LogP contribution in [-0.2, 0) is 16.2 Å². The van der Waals surface area contributed by atoms with Gasteiger partial charge in [-0.05, 0) is 54.6 Å². The van der Waals surface area contributed by atoms with E-state index in [9.17, 15) is 26.4 Å². The second-order valence-corrected chi connectivity index (χ2v) is 7.85. The summed E-state index contributed by atoms with van der Waals surface area (Å²) in [6.45, 7) is 0. The third-order valence-corrected chi connectivity index (χ3v) is 5.09. The first kappa shape index (κ1) is 20.9. The number of carbonyl (C=O) groups is 1. The molecule has 0 aliphatic heterocycles. The normalized spacial score (nSPS) is 12.0. The smallest absolute Gasteiger partial charge is 0.416 e. The number of primary sulfonamides is 1. The molecule has 0 unspecified atom stereocenters. The number of nitrogens with one attached hydrogen (secondary N) is 1. The van der Waals surface area contributed by atoms with Crippen LogP contribution in [0.4, 0.5) is 18.9 Å². The minimum Gasteiger partial charge on any atom is -0.451 e. The molecule has 29 heavy (non-hydrogen) atoms. The molecule has 3 rings (SSSR count). The lowest BCUT2D eigenvalue weighted by Gasteiger charge is -2.09. The van der Waals surface area contributed by atoms with Crippen LogP contribution in [-0.4, -0.2) is 14.3 Å². The quantitative estimate of drug-likeness (QED) is 0.617. The summed E-state index contributed by atoms with van der Waals surface area (Å²) in [5.74, 6) is -0.887. The van der Waals surface area contributed by atoms with E-state index in [2.05, 4.69) is 5.32 Å². The fourth-order valence-corrected chi connectivity index (χ4v) is 3.14. The Balaban J connectivity index is 1.82. The van der Waals surface area contributed by atoms with Crippen molar-refractivity contribution in [3.8, 4) is 11.3 Å². The summed E-state index contributed by atoms with van der Waals surface area (Å²) >= 11 is 5.96. The highest BCUT2D eigenvalue weighted by Crippen LogP contribution is 2.36. The molecule has 0 saturated heterocycles. The zero-order chi connectivity index (χ0) is 21.4. The number of alkyl halides is 3. The molecule has 1 amide bonds. The topological polar surface area (TPSA) is 102 Å². The fraction of sp³-hybridized carbons (Fsp3) is 0.0556. The van der Waals surface area contributed by atoms with Gasteiger partial charge in [0.25, 0.3) is 5.91 Å². The molecule has 3 N–H and O–H groups in total. The lowest BCUT2D eigenvalue weighted by molar-refractivity contribution is -0.137. The van der Waals surface area contributed by atoms with Crippen molar-refractivity contribution >= 4 is 33.2 Å². The summed E-state index contributed by atoms with van der Waals surface area (Å²) in [6.07, 6.45) is -4.56. The zero-order valence-electron chi connectivity index (χ0n) is 14.3. The molecule has 0 aliphatic carbocycles. The predicted octanol–water partition coefficient (Wildman–Crippen LogP) is 4.52. The van der Waals surface area contributed by atoms with Crippen LogP contribution in [0.15, 0.2) is 63.9 Å². The monoisotopic (exact) mass is 444 g/mol. The molecule has 0 radical (unpaired) electrons. The highest BCUT2D eigenvalue weighted by Gasteiger charge is 2.31. The minimum atomic E-state index is -4.56. The SMILES string of the molecule is NS(=O)(=O)c1ccc(NC(=O)c2ccc(-c3cc(C(F)(F)F)ccc3Cl)o2)cc1.